The molecule has 10 heteroatoms. The number of ether oxygens (including phenoxy) is 1. The van der Waals surface area contributed by atoms with Gasteiger partial charge in [-0.25, -0.2) is 9.78 Å². The predicted octanol–water partition coefficient (Wildman–Crippen LogP) is 1.89. The molecule has 0 saturated carbocycles. The highest BCUT2D eigenvalue weighted by Crippen LogP contribution is 2.23. The summed E-state index contributed by atoms with van der Waals surface area (Å²) < 4.78 is 6.45. The van der Waals surface area contributed by atoms with Gasteiger partial charge in [0.1, 0.15) is 24.2 Å². The van der Waals surface area contributed by atoms with Crippen molar-refractivity contribution in [3.63, 3.8) is 0 Å². The molecule has 10 nitrogen and oxygen atoms in total. The molecular formula is C24H23N5O5. The highest BCUT2D eigenvalue weighted by Gasteiger charge is 2.31. The van der Waals surface area contributed by atoms with Gasteiger partial charge in [0, 0.05) is 18.5 Å². The van der Waals surface area contributed by atoms with Crippen LogP contribution in [0, 0.1) is 0 Å². The lowest BCUT2D eigenvalue weighted by molar-refractivity contribution is -0.124. The third kappa shape index (κ3) is 5.12. The van der Waals surface area contributed by atoms with E-state index in [1.807, 2.05) is 30.3 Å². The Balaban J connectivity index is 1.42. The fraction of sp³-hybridized carbons (Fsp3) is 0.208. The standard InChI is InChI=1S/C24H23N5O5/c25-21(30)17-8-4-7-16(11-17)12-27-22(31)19-9-10-20-26-13-18(23(32)29(19)20)28-24(33)34-14-15-5-2-1-3-6-15/h1-8,11,13,19H,9-10,12,14H2,(H2,25,30)(H,27,31)(H,28,33). The van der Waals surface area contributed by atoms with Crippen molar-refractivity contribution >= 4 is 23.6 Å². The Morgan fingerprint density at radius 3 is 2.62 bits per heavy atom. The van der Waals surface area contributed by atoms with Crippen molar-refractivity contribution in [3.05, 3.63) is 93.7 Å². The lowest BCUT2D eigenvalue weighted by atomic mass is 10.1. The molecular weight excluding hydrogens is 438 g/mol. The maximum atomic E-state index is 13.0. The zero-order valence-corrected chi connectivity index (χ0v) is 18.2. The number of hydrogen-bond acceptors (Lipinski definition) is 6. The third-order valence-corrected chi connectivity index (χ3v) is 5.45. The molecule has 0 fully saturated rings. The summed E-state index contributed by atoms with van der Waals surface area (Å²) in [5.41, 5.74) is 6.53. The molecule has 1 unspecified atom stereocenters. The number of carbonyl (C=O) groups excluding carboxylic acids is 3. The number of amides is 3. The summed E-state index contributed by atoms with van der Waals surface area (Å²) in [7, 11) is 0. The van der Waals surface area contributed by atoms with Crippen molar-refractivity contribution in [2.24, 2.45) is 5.73 Å². The maximum absolute atomic E-state index is 13.0. The second kappa shape index (κ2) is 9.99. The maximum Gasteiger partial charge on any atom is 0.412 e. The lowest BCUT2D eigenvalue weighted by Gasteiger charge is -2.15. The number of nitrogens with two attached hydrogens (primary N) is 1. The number of primary amides is 1. The van der Waals surface area contributed by atoms with Gasteiger partial charge in [-0.15, -0.1) is 0 Å². The van der Waals surface area contributed by atoms with Crippen LogP contribution in [0.15, 0.2) is 65.6 Å². The van der Waals surface area contributed by atoms with Gasteiger partial charge in [-0.3, -0.25) is 24.3 Å². The zero-order valence-electron chi connectivity index (χ0n) is 18.2. The summed E-state index contributed by atoms with van der Waals surface area (Å²) in [6, 6.07) is 15.0. The van der Waals surface area contributed by atoms with Gasteiger partial charge in [0.2, 0.25) is 11.8 Å². The normalized spacial score (nSPS) is 14.2. The molecule has 1 atom stereocenters. The minimum atomic E-state index is -0.795. The number of nitrogens with zero attached hydrogens (tertiary/aromatic N) is 2. The van der Waals surface area contributed by atoms with Crippen molar-refractivity contribution in [1.29, 1.82) is 0 Å². The molecule has 3 aromatic rings. The van der Waals surface area contributed by atoms with E-state index in [0.717, 1.165) is 5.56 Å². The first-order chi connectivity index (χ1) is 16.4. The first-order valence-electron chi connectivity index (χ1n) is 10.7. The smallest absolute Gasteiger partial charge is 0.412 e. The predicted molar refractivity (Wildman–Crippen MR) is 123 cm³/mol. The van der Waals surface area contributed by atoms with Crippen molar-refractivity contribution in [2.45, 2.75) is 32.0 Å². The molecule has 3 amide bonds. The molecule has 0 spiro atoms. The number of hydrogen-bond donors (Lipinski definition) is 3. The fourth-order valence-electron chi connectivity index (χ4n) is 3.75. The molecule has 4 rings (SSSR count). The van der Waals surface area contributed by atoms with Crippen LogP contribution in [0.3, 0.4) is 0 Å². The number of carbonyl (C=O) groups is 3. The van der Waals surface area contributed by atoms with E-state index in [4.69, 9.17) is 10.5 Å². The minimum absolute atomic E-state index is 0.0500. The topological polar surface area (TPSA) is 145 Å². The number of aryl methyl sites for hydroxylation is 1. The Morgan fingerprint density at radius 1 is 1.09 bits per heavy atom. The Bertz CT molecular complexity index is 1290. The number of rotatable bonds is 7. The van der Waals surface area contributed by atoms with Gasteiger partial charge in [0.15, 0.2) is 0 Å². The van der Waals surface area contributed by atoms with Crippen molar-refractivity contribution < 1.29 is 19.1 Å². The molecule has 0 bridgehead atoms. The highest BCUT2D eigenvalue weighted by molar-refractivity contribution is 5.93. The molecule has 2 aromatic carbocycles. The molecule has 0 radical (unpaired) electrons. The van der Waals surface area contributed by atoms with E-state index >= 15 is 0 Å². The van der Waals surface area contributed by atoms with Crippen LogP contribution in [0.4, 0.5) is 10.5 Å². The van der Waals surface area contributed by atoms with Gasteiger partial charge in [-0.05, 0) is 29.7 Å². The molecule has 174 valence electrons. The Labute approximate surface area is 194 Å². The van der Waals surface area contributed by atoms with Crippen molar-refractivity contribution in [2.75, 3.05) is 5.32 Å². The van der Waals surface area contributed by atoms with Crippen molar-refractivity contribution in [1.82, 2.24) is 14.9 Å². The summed E-state index contributed by atoms with van der Waals surface area (Å²) in [4.78, 5) is 53.6. The van der Waals surface area contributed by atoms with Crippen LogP contribution >= 0.6 is 0 Å². The quantitative estimate of drug-likeness (QED) is 0.490. The minimum Gasteiger partial charge on any atom is -0.444 e. The zero-order chi connectivity index (χ0) is 24.1. The van der Waals surface area contributed by atoms with Gasteiger partial charge in [-0.1, -0.05) is 42.5 Å². The molecule has 4 N–H and O–H groups in total. The Kier molecular flexibility index (Phi) is 6.67. The van der Waals surface area contributed by atoms with Crippen LogP contribution < -0.4 is 21.9 Å². The average Bonchev–Trinajstić information content (AvgIpc) is 3.29. The Hall–Kier alpha value is -4.47. The summed E-state index contributed by atoms with van der Waals surface area (Å²) >= 11 is 0. The van der Waals surface area contributed by atoms with Crippen LogP contribution in [-0.2, 0) is 29.1 Å². The molecule has 1 aliphatic heterocycles. The molecule has 0 aliphatic carbocycles. The van der Waals surface area contributed by atoms with E-state index < -0.39 is 23.6 Å². The largest absolute Gasteiger partial charge is 0.444 e. The summed E-state index contributed by atoms with van der Waals surface area (Å²) in [6.45, 7) is 0.214. The van der Waals surface area contributed by atoms with E-state index in [2.05, 4.69) is 15.6 Å². The Morgan fingerprint density at radius 2 is 1.85 bits per heavy atom. The van der Waals surface area contributed by atoms with Crippen LogP contribution in [-0.4, -0.2) is 27.5 Å². The van der Waals surface area contributed by atoms with Gasteiger partial charge in [-0.2, -0.15) is 0 Å². The fourth-order valence-corrected chi connectivity index (χ4v) is 3.75. The summed E-state index contributed by atoms with van der Waals surface area (Å²) in [6.07, 6.45) is 1.32. The van der Waals surface area contributed by atoms with Crippen LogP contribution in [0.25, 0.3) is 0 Å². The van der Waals surface area contributed by atoms with Gasteiger partial charge in [0.25, 0.3) is 5.56 Å². The molecule has 1 aromatic heterocycles. The average molecular weight is 461 g/mol. The second-order valence-electron chi connectivity index (χ2n) is 7.79. The first kappa shape index (κ1) is 22.7. The van der Waals surface area contributed by atoms with Crippen LogP contribution in [0.1, 0.15) is 39.8 Å². The van der Waals surface area contributed by atoms with Gasteiger partial charge < -0.3 is 15.8 Å². The first-order valence-corrected chi connectivity index (χ1v) is 10.7. The van der Waals surface area contributed by atoms with Crippen molar-refractivity contribution in [3.8, 4) is 0 Å². The van der Waals surface area contributed by atoms with Gasteiger partial charge >= 0.3 is 6.09 Å². The summed E-state index contributed by atoms with van der Waals surface area (Å²) in [5.74, 6) is -0.460. The summed E-state index contributed by atoms with van der Waals surface area (Å²) in [5, 5.41) is 5.20. The number of benzene rings is 2. The van der Waals surface area contributed by atoms with Gasteiger partial charge in [0.05, 0.1) is 6.20 Å². The van der Waals surface area contributed by atoms with E-state index in [9.17, 15) is 19.2 Å². The lowest BCUT2D eigenvalue weighted by Crippen LogP contribution is -2.36. The number of anilines is 1. The monoisotopic (exact) mass is 461 g/mol. The molecule has 34 heavy (non-hydrogen) atoms. The number of aromatic nitrogens is 2. The highest BCUT2D eigenvalue weighted by atomic mass is 16.5. The SMILES string of the molecule is NC(=O)c1cccc(CNC(=O)C2CCc3ncc(NC(=O)OCc4ccccc4)c(=O)n32)c1. The van der Waals surface area contributed by atoms with E-state index in [1.54, 1.807) is 24.3 Å². The number of fused-ring (bicyclic) bond motifs is 1. The molecule has 1 aliphatic rings. The van der Waals surface area contributed by atoms with E-state index in [-0.39, 0.29) is 24.7 Å². The van der Waals surface area contributed by atoms with Crippen LogP contribution in [0.5, 0.6) is 0 Å². The molecule has 0 saturated heterocycles. The van der Waals surface area contributed by atoms with E-state index in [1.165, 1.54) is 10.8 Å². The number of nitrogens with one attached hydrogen (secondary N) is 2. The second-order valence-corrected chi connectivity index (χ2v) is 7.79. The van der Waals surface area contributed by atoms with Crippen LogP contribution in [0.2, 0.25) is 0 Å². The molecule has 2 heterocycles. The van der Waals surface area contributed by atoms with E-state index in [0.29, 0.717) is 29.8 Å². The third-order valence-electron chi connectivity index (χ3n) is 5.45.